The van der Waals surface area contributed by atoms with Gasteiger partial charge in [0, 0.05) is 17.3 Å². The van der Waals surface area contributed by atoms with Crippen molar-refractivity contribution in [2.24, 2.45) is 0 Å². The fourth-order valence-corrected chi connectivity index (χ4v) is 3.14. The zero-order valence-corrected chi connectivity index (χ0v) is 14.4. The SMILES string of the molecule is Cc1cc2oc(Nc3ccccc3)c(-c3c(F)cccc3Cl)c2c(=O)o1. The number of benzene rings is 2. The van der Waals surface area contributed by atoms with E-state index in [0.717, 1.165) is 5.69 Å². The second kappa shape index (κ2) is 6.35. The topological polar surface area (TPSA) is 55.4 Å². The third-order valence-corrected chi connectivity index (χ3v) is 4.29. The van der Waals surface area contributed by atoms with Gasteiger partial charge in [-0.1, -0.05) is 35.9 Å². The molecule has 130 valence electrons. The first kappa shape index (κ1) is 16.4. The molecule has 0 amide bonds. The highest BCUT2D eigenvalue weighted by Gasteiger charge is 2.24. The number of fused-ring (bicyclic) bond motifs is 1. The summed E-state index contributed by atoms with van der Waals surface area (Å²) in [7, 11) is 0. The van der Waals surface area contributed by atoms with Crippen molar-refractivity contribution in [1.82, 2.24) is 0 Å². The van der Waals surface area contributed by atoms with Crippen LogP contribution in [0.4, 0.5) is 16.0 Å². The fraction of sp³-hybridized carbons (Fsp3) is 0.0500. The fourth-order valence-electron chi connectivity index (χ4n) is 2.88. The van der Waals surface area contributed by atoms with E-state index < -0.39 is 11.4 Å². The minimum absolute atomic E-state index is 0.0856. The van der Waals surface area contributed by atoms with E-state index in [2.05, 4.69) is 5.32 Å². The molecule has 4 nitrogen and oxygen atoms in total. The Morgan fingerprint density at radius 3 is 2.50 bits per heavy atom. The first-order valence-corrected chi connectivity index (χ1v) is 8.26. The molecule has 0 unspecified atom stereocenters. The summed E-state index contributed by atoms with van der Waals surface area (Å²) in [5.74, 6) is 0.0566. The Balaban J connectivity index is 2.05. The third kappa shape index (κ3) is 2.76. The molecule has 2 heterocycles. The number of nitrogens with one attached hydrogen (secondary N) is 1. The maximum Gasteiger partial charge on any atom is 0.347 e. The predicted molar refractivity (Wildman–Crippen MR) is 99.6 cm³/mol. The van der Waals surface area contributed by atoms with Crippen LogP contribution in [0, 0.1) is 12.7 Å². The van der Waals surface area contributed by atoms with Crippen molar-refractivity contribution in [2.45, 2.75) is 6.92 Å². The summed E-state index contributed by atoms with van der Waals surface area (Å²) in [6.07, 6.45) is 0. The van der Waals surface area contributed by atoms with Crippen molar-refractivity contribution in [3.05, 3.63) is 81.6 Å². The van der Waals surface area contributed by atoms with Gasteiger partial charge in [-0.2, -0.15) is 0 Å². The lowest BCUT2D eigenvalue weighted by Gasteiger charge is -2.08. The van der Waals surface area contributed by atoms with E-state index in [1.807, 2.05) is 30.3 Å². The highest BCUT2D eigenvalue weighted by Crippen LogP contribution is 2.42. The van der Waals surface area contributed by atoms with Crippen LogP contribution in [-0.2, 0) is 0 Å². The molecule has 0 aliphatic heterocycles. The third-order valence-electron chi connectivity index (χ3n) is 3.97. The van der Waals surface area contributed by atoms with Gasteiger partial charge in [0.1, 0.15) is 22.5 Å². The Morgan fingerprint density at radius 2 is 1.77 bits per heavy atom. The van der Waals surface area contributed by atoms with E-state index in [-0.39, 0.29) is 27.4 Å². The summed E-state index contributed by atoms with van der Waals surface area (Å²) in [5, 5.41) is 3.40. The first-order chi connectivity index (χ1) is 12.5. The number of hydrogen-bond acceptors (Lipinski definition) is 4. The molecule has 0 saturated carbocycles. The smallest absolute Gasteiger partial charge is 0.347 e. The Kier molecular flexibility index (Phi) is 4.01. The van der Waals surface area contributed by atoms with Crippen LogP contribution in [0.3, 0.4) is 0 Å². The molecule has 0 radical (unpaired) electrons. The number of furan rings is 1. The lowest BCUT2D eigenvalue weighted by molar-refractivity contribution is 0.485. The number of rotatable bonds is 3. The molecule has 1 N–H and O–H groups in total. The lowest BCUT2D eigenvalue weighted by Crippen LogP contribution is -2.01. The van der Waals surface area contributed by atoms with Crippen molar-refractivity contribution >= 4 is 34.1 Å². The van der Waals surface area contributed by atoms with Gasteiger partial charge in [-0.15, -0.1) is 0 Å². The van der Waals surface area contributed by atoms with Gasteiger partial charge in [0.05, 0.1) is 10.6 Å². The van der Waals surface area contributed by atoms with Crippen LogP contribution in [0.2, 0.25) is 5.02 Å². The summed E-state index contributed by atoms with van der Waals surface area (Å²) >= 11 is 6.24. The summed E-state index contributed by atoms with van der Waals surface area (Å²) < 4.78 is 25.6. The van der Waals surface area contributed by atoms with Crippen LogP contribution in [0.1, 0.15) is 5.76 Å². The molecule has 4 aromatic rings. The quantitative estimate of drug-likeness (QED) is 0.488. The second-order valence-electron chi connectivity index (χ2n) is 5.78. The van der Waals surface area contributed by atoms with Crippen LogP contribution in [0.15, 0.2) is 68.2 Å². The van der Waals surface area contributed by atoms with Crippen molar-refractivity contribution in [1.29, 1.82) is 0 Å². The molecule has 0 fully saturated rings. The highest BCUT2D eigenvalue weighted by molar-refractivity contribution is 6.34. The molecule has 4 rings (SSSR count). The number of hydrogen-bond donors (Lipinski definition) is 1. The number of para-hydroxylation sites is 1. The standard InChI is InChI=1S/C20H13ClFNO3/c1-11-10-15-17(20(24)25-11)18(16-13(21)8-5-9-14(16)22)19(26-15)23-12-6-3-2-4-7-12/h2-10,23H,1H3. The molecule has 0 aliphatic rings. The molecule has 0 saturated heterocycles. The van der Waals surface area contributed by atoms with Crippen molar-refractivity contribution in [3.8, 4) is 11.1 Å². The molecule has 6 heteroatoms. The largest absolute Gasteiger partial charge is 0.439 e. The molecule has 26 heavy (non-hydrogen) atoms. The van der Waals surface area contributed by atoms with Crippen LogP contribution in [-0.4, -0.2) is 0 Å². The van der Waals surface area contributed by atoms with E-state index in [1.165, 1.54) is 12.1 Å². The maximum absolute atomic E-state index is 14.6. The first-order valence-electron chi connectivity index (χ1n) is 7.88. The zero-order chi connectivity index (χ0) is 18.3. The van der Waals surface area contributed by atoms with E-state index in [1.54, 1.807) is 19.1 Å². The van der Waals surface area contributed by atoms with E-state index in [4.69, 9.17) is 20.4 Å². The summed E-state index contributed by atoms with van der Waals surface area (Å²) in [5.41, 5.74) is 0.732. The van der Waals surface area contributed by atoms with Gasteiger partial charge in [0.15, 0.2) is 0 Å². The highest BCUT2D eigenvalue weighted by atomic mass is 35.5. The number of aryl methyl sites for hydroxylation is 1. The van der Waals surface area contributed by atoms with Crippen LogP contribution in [0.5, 0.6) is 0 Å². The lowest BCUT2D eigenvalue weighted by atomic mass is 10.0. The zero-order valence-electron chi connectivity index (χ0n) is 13.7. The Bertz CT molecular complexity index is 1140. The van der Waals surface area contributed by atoms with Gasteiger partial charge in [-0.3, -0.25) is 0 Å². The van der Waals surface area contributed by atoms with E-state index in [0.29, 0.717) is 11.3 Å². The van der Waals surface area contributed by atoms with Gasteiger partial charge in [0.25, 0.3) is 0 Å². The predicted octanol–water partition coefficient (Wildman–Crippen LogP) is 5.90. The Labute approximate surface area is 152 Å². The average Bonchev–Trinajstić information content (AvgIpc) is 2.93. The van der Waals surface area contributed by atoms with Gasteiger partial charge >= 0.3 is 5.63 Å². The Morgan fingerprint density at radius 1 is 1.00 bits per heavy atom. The van der Waals surface area contributed by atoms with Crippen molar-refractivity contribution in [2.75, 3.05) is 5.32 Å². The Hall–Kier alpha value is -3.05. The van der Waals surface area contributed by atoms with Crippen LogP contribution < -0.4 is 10.9 Å². The molecule has 2 aromatic heterocycles. The summed E-state index contributed by atoms with van der Waals surface area (Å²) in [6.45, 7) is 1.64. The average molecular weight is 370 g/mol. The monoisotopic (exact) mass is 369 g/mol. The van der Waals surface area contributed by atoms with Gasteiger partial charge < -0.3 is 14.2 Å². The van der Waals surface area contributed by atoms with Gasteiger partial charge in [0.2, 0.25) is 5.88 Å². The molecular formula is C20H13ClFNO3. The van der Waals surface area contributed by atoms with Crippen LogP contribution >= 0.6 is 11.6 Å². The number of halogens is 2. The maximum atomic E-state index is 14.6. The molecular weight excluding hydrogens is 357 g/mol. The number of anilines is 2. The van der Waals surface area contributed by atoms with Gasteiger partial charge in [-0.05, 0) is 31.2 Å². The molecule has 0 aliphatic carbocycles. The second-order valence-corrected chi connectivity index (χ2v) is 6.18. The van der Waals surface area contributed by atoms with Crippen molar-refractivity contribution in [3.63, 3.8) is 0 Å². The molecule has 0 spiro atoms. The summed E-state index contributed by atoms with van der Waals surface area (Å²) in [4.78, 5) is 12.5. The summed E-state index contributed by atoms with van der Waals surface area (Å²) in [6, 6.07) is 15.1. The normalized spacial score (nSPS) is 11.0. The molecule has 2 aromatic carbocycles. The van der Waals surface area contributed by atoms with E-state index in [9.17, 15) is 9.18 Å². The minimum atomic E-state index is -0.612. The van der Waals surface area contributed by atoms with Crippen LogP contribution in [0.25, 0.3) is 22.1 Å². The molecule has 0 bridgehead atoms. The van der Waals surface area contributed by atoms with Crippen molar-refractivity contribution < 1.29 is 13.2 Å². The van der Waals surface area contributed by atoms with Gasteiger partial charge in [-0.25, -0.2) is 9.18 Å². The van der Waals surface area contributed by atoms with E-state index >= 15 is 0 Å². The molecule has 0 atom stereocenters. The minimum Gasteiger partial charge on any atom is -0.439 e.